The molecular formula is C24H27F4N3O2S. The lowest BCUT2D eigenvalue weighted by molar-refractivity contribution is -0.138. The van der Waals surface area contributed by atoms with Crippen LogP contribution in [0.25, 0.3) is 10.6 Å². The van der Waals surface area contributed by atoms with E-state index in [1.165, 1.54) is 24.3 Å². The number of nitrogens with zero attached hydrogens (tertiary/aromatic N) is 2. The average Bonchev–Trinajstić information content (AvgIpc) is 3.30. The number of rotatable bonds is 10. The molecule has 0 aliphatic carbocycles. The maximum Gasteiger partial charge on any atom is 0.419 e. The maximum atomic E-state index is 13.7. The first-order valence-corrected chi connectivity index (χ1v) is 11.7. The second kappa shape index (κ2) is 10.8. The molecule has 2 unspecified atom stereocenters. The van der Waals surface area contributed by atoms with Crippen LogP contribution < -0.4 is 10.5 Å². The van der Waals surface area contributed by atoms with Crippen molar-refractivity contribution in [3.05, 3.63) is 64.4 Å². The summed E-state index contributed by atoms with van der Waals surface area (Å²) in [6.45, 7) is 3.27. The molecule has 1 aromatic heterocycles. The Hall–Kier alpha value is -2.56. The van der Waals surface area contributed by atoms with Crippen LogP contribution in [0.15, 0.2) is 42.5 Å². The first-order chi connectivity index (χ1) is 16.0. The molecule has 10 heteroatoms. The lowest BCUT2D eigenvalue weighted by Gasteiger charge is -2.18. The predicted molar refractivity (Wildman–Crippen MR) is 123 cm³/mol. The van der Waals surface area contributed by atoms with Gasteiger partial charge in [-0.15, -0.1) is 10.2 Å². The van der Waals surface area contributed by atoms with Gasteiger partial charge < -0.3 is 15.6 Å². The predicted octanol–water partition coefficient (Wildman–Crippen LogP) is 5.88. The number of benzene rings is 2. The third-order valence-electron chi connectivity index (χ3n) is 5.54. The zero-order valence-corrected chi connectivity index (χ0v) is 19.7. The van der Waals surface area contributed by atoms with Crippen LogP contribution in [0.3, 0.4) is 0 Å². The van der Waals surface area contributed by atoms with E-state index in [9.17, 15) is 22.7 Å². The number of hydrogen-bond donors (Lipinski definition) is 2. The number of aromatic nitrogens is 2. The highest BCUT2D eigenvalue weighted by molar-refractivity contribution is 7.14. The third kappa shape index (κ3) is 6.31. The van der Waals surface area contributed by atoms with E-state index < -0.39 is 17.3 Å². The van der Waals surface area contributed by atoms with Crippen molar-refractivity contribution in [3.8, 4) is 16.3 Å². The van der Waals surface area contributed by atoms with Crippen LogP contribution in [0.2, 0.25) is 0 Å². The number of halogens is 4. The van der Waals surface area contributed by atoms with Crippen molar-refractivity contribution >= 4 is 11.3 Å². The van der Waals surface area contributed by atoms with Crippen molar-refractivity contribution in [1.29, 1.82) is 0 Å². The molecule has 0 saturated carbocycles. The fourth-order valence-corrected chi connectivity index (χ4v) is 4.42. The number of nitrogens with two attached hydrogens (primary N) is 1. The number of aliphatic hydroxyl groups excluding tert-OH is 1. The Kier molecular flexibility index (Phi) is 8.27. The van der Waals surface area contributed by atoms with E-state index in [0.29, 0.717) is 17.8 Å². The normalized spacial score (nSPS) is 14.6. The van der Waals surface area contributed by atoms with Gasteiger partial charge in [0.15, 0.2) is 0 Å². The van der Waals surface area contributed by atoms with Gasteiger partial charge in [-0.1, -0.05) is 30.4 Å². The first-order valence-electron chi connectivity index (χ1n) is 10.9. The Morgan fingerprint density at radius 1 is 1.15 bits per heavy atom. The summed E-state index contributed by atoms with van der Waals surface area (Å²) < 4.78 is 60.2. The third-order valence-corrected chi connectivity index (χ3v) is 6.79. The van der Waals surface area contributed by atoms with Gasteiger partial charge in [0.1, 0.15) is 21.6 Å². The minimum Gasteiger partial charge on any atom is -0.493 e. The lowest BCUT2D eigenvalue weighted by atomic mass is 9.92. The second-order valence-corrected chi connectivity index (χ2v) is 9.33. The van der Waals surface area contributed by atoms with Gasteiger partial charge in [-0.2, -0.15) is 13.2 Å². The molecule has 2 aromatic carbocycles. The van der Waals surface area contributed by atoms with E-state index in [4.69, 9.17) is 10.5 Å². The Balaban J connectivity index is 1.71. The molecule has 0 spiro atoms. The minimum atomic E-state index is -4.63. The smallest absolute Gasteiger partial charge is 0.419 e. The summed E-state index contributed by atoms with van der Waals surface area (Å²) in [7, 11) is 0. The summed E-state index contributed by atoms with van der Waals surface area (Å²) in [5.41, 5.74) is 5.00. The standard InChI is InChI=1S/C24H27F4N3O2S/c1-3-15(16-6-4-8-18(25)12-16)7-5-11-33-20-10-9-17(13-19(20)24(26,27)28)21-30-31-22(34-21)23(2,29)14-32/h4,6,8-10,12-13,15,32H,3,5,7,11,14,29H2,1-2H3. The monoisotopic (exact) mass is 497 g/mol. The van der Waals surface area contributed by atoms with Crippen LogP contribution in [0.5, 0.6) is 5.75 Å². The SMILES string of the molecule is CCC(CCCOc1ccc(-c2nnc(C(C)(N)CO)s2)cc1C(F)(F)F)c1cccc(F)c1. The van der Waals surface area contributed by atoms with Crippen molar-refractivity contribution in [2.45, 2.75) is 50.7 Å². The fraction of sp³-hybridized carbons (Fsp3) is 0.417. The van der Waals surface area contributed by atoms with Crippen molar-refractivity contribution in [2.24, 2.45) is 5.73 Å². The van der Waals surface area contributed by atoms with Crippen LogP contribution in [-0.2, 0) is 11.7 Å². The fourth-order valence-electron chi connectivity index (χ4n) is 3.53. The summed E-state index contributed by atoms with van der Waals surface area (Å²) in [6.07, 6.45) is -2.66. The summed E-state index contributed by atoms with van der Waals surface area (Å²) in [4.78, 5) is 0. The average molecular weight is 498 g/mol. The second-order valence-electron chi connectivity index (χ2n) is 8.35. The quantitative estimate of drug-likeness (QED) is 0.270. The van der Waals surface area contributed by atoms with Gasteiger partial charge in [-0.3, -0.25) is 0 Å². The maximum absolute atomic E-state index is 13.7. The molecule has 0 bridgehead atoms. The molecule has 0 saturated heterocycles. The number of ether oxygens (including phenoxy) is 1. The van der Waals surface area contributed by atoms with Crippen molar-refractivity contribution < 1.29 is 27.4 Å². The number of hydrogen-bond acceptors (Lipinski definition) is 6. The molecular weight excluding hydrogens is 470 g/mol. The largest absolute Gasteiger partial charge is 0.493 e. The van der Waals surface area contributed by atoms with Gasteiger partial charge in [-0.25, -0.2) is 4.39 Å². The molecule has 2 atom stereocenters. The molecule has 3 rings (SSSR count). The van der Waals surface area contributed by atoms with Crippen molar-refractivity contribution in [3.63, 3.8) is 0 Å². The summed E-state index contributed by atoms with van der Waals surface area (Å²) in [5, 5.41) is 17.8. The molecule has 1 heterocycles. The Labute approximate surface area is 199 Å². The topological polar surface area (TPSA) is 81.3 Å². The van der Waals surface area contributed by atoms with E-state index >= 15 is 0 Å². The molecule has 3 aromatic rings. The minimum absolute atomic E-state index is 0.0965. The van der Waals surface area contributed by atoms with E-state index in [1.807, 2.05) is 13.0 Å². The summed E-state index contributed by atoms with van der Waals surface area (Å²) in [5.74, 6) is -0.474. The molecule has 0 aliphatic heterocycles. The zero-order chi connectivity index (χ0) is 24.9. The summed E-state index contributed by atoms with van der Waals surface area (Å²) in [6, 6.07) is 10.1. The highest BCUT2D eigenvalue weighted by atomic mass is 32.1. The van der Waals surface area contributed by atoms with Gasteiger partial charge in [0, 0.05) is 5.56 Å². The van der Waals surface area contributed by atoms with Gasteiger partial charge >= 0.3 is 6.18 Å². The highest BCUT2D eigenvalue weighted by Crippen LogP contribution is 2.40. The van der Waals surface area contributed by atoms with E-state index in [-0.39, 0.29) is 41.3 Å². The highest BCUT2D eigenvalue weighted by Gasteiger charge is 2.35. The Morgan fingerprint density at radius 2 is 1.91 bits per heavy atom. The molecule has 0 amide bonds. The zero-order valence-electron chi connectivity index (χ0n) is 18.9. The molecule has 5 nitrogen and oxygen atoms in total. The number of aliphatic hydroxyl groups is 1. The molecule has 34 heavy (non-hydrogen) atoms. The van der Waals surface area contributed by atoms with Crippen LogP contribution >= 0.6 is 11.3 Å². The molecule has 0 fully saturated rings. The van der Waals surface area contributed by atoms with Gasteiger partial charge in [0.05, 0.1) is 24.3 Å². The van der Waals surface area contributed by atoms with Gasteiger partial charge in [0.25, 0.3) is 0 Å². The van der Waals surface area contributed by atoms with Crippen molar-refractivity contribution in [1.82, 2.24) is 10.2 Å². The van der Waals surface area contributed by atoms with Crippen LogP contribution in [-0.4, -0.2) is 28.5 Å². The Morgan fingerprint density at radius 3 is 2.56 bits per heavy atom. The molecule has 184 valence electrons. The first kappa shape index (κ1) is 26.1. The Bertz CT molecular complexity index is 1100. The van der Waals surface area contributed by atoms with Crippen molar-refractivity contribution in [2.75, 3.05) is 13.2 Å². The van der Waals surface area contributed by atoms with Crippen LogP contribution in [0.1, 0.15) is 55.2 Å². The van der Waals surface area contributed by atoms with Gasteiger partial charge in [-0.05, 0) is 68.0 Å². The lowest BCUT2D eigenvalue weighted by Crippen LogP contribution is -2.36. The molecule has 0 aliphatic rings. The van der Waals surface area contributed by atoms with E-state index in [1.54, 1.807) is 13.0 Å². The van der Waals surface area contributed by atoms with Crippen LogP contribution in [0.4, 0.5) is 17.6 Å². The summed E-state index contributed by atoms with van der Waals surface area (Å²) >= 11 is 1.03. The molecule has 3 N–H and O–H groups in total. The van der Waals surface area contributed by atoms with Gasteiger partial charge in [0.2, 0.25) is 0 Å². The molecule has 0 radical (unpaired) electrons. The van der Waals surface area contributed by atoms with Crippen LogP contribution in [0, 0.1) is 5.82 Å². The number of alkyl halides is 3. The van der Waals surface area contributed by atoms with E-state index in [2.05, 4.69) is 10.2 Å². The van der Waals surface area contributed by atoms with E-state index in [0.717, 1.165) is 29.4 Å².